The van der Waals surface area contributed by atoms with Gasteiger partial charge in [-0.1, -0.05) is 23.7 Å². The molecule has 0 aliphatic rings. The zero-order valence-electron chi connectivity index (χ0n) is 19.2. The quantitative estimate of drug-likeness (QED) is 0.328. The van der Waals surface area contributed by atoms with Crippen LogP contribution in [0.1, 0.15) is 34.0 Å². The van der Waals surface area contributed by atoms with E-state index < -0.39 is 0 Å². The molecule has 34 heavy (non-hydrogen) atoms. The van der Waals surface area contributed by atoms with E-state index in [0.717, 1.165) is 16.8 Å². The standard InChI is InChI=1S/C26H26ClN3O4/c1-4-33-24-14-19(15-28-30-26(32)20-9-11-21(27)12-10-20)8-13-23(24)34-16-25(31)29-22-7-5-6-17(2)18(22)3/h5-15H,4,16H2,1-3H3,(H,29,31)(H,30,32)/b28-15+. The fourth-order valence-corrected chi connectivity index (χ4v) is 3.17. The molecule has 3 rings (SSSR count). The van der Waals surface area contributed by atoms with Gasteiger partial charge in [0, 0.05) is 16.3 Å². The van der Waals surface area contributed by atoms with E-state index in [0.29, 0.717) is 34.3 Å². The molecule has 0 spiro atoms. The van der Waals surface area contributed by atoms with Gasteiger partial charge < -0.3 is 14.8 Å². The first-order valence-electron chi connectivity index (χ1n) is 10.7. The van der Waals surface area contributed by atoms with Crippen molar-refractivity contribution in [2.75, 3.05) is 18.5 Å². The highest BCUT2D eigenvalue weighted by Crippen LogP contribution is 2.28. The van der Waals surface area contributed by atoms with Crippen LogP contribution in [0.2, 0.25) is 5.02 Å². The maximum absolute atomic E-state index is 12.4. The lowest BCUT2D eigenvalue weighted by Gasteiger charge is -2.14. The number of aryl methyl sites for hydroxylation is 1. The number of ether oxygens (including phenoxy) is 2. The molecule has 3 aromatic rings. The molecule has 0 bridgehead atoms. The minimum Gasteiger partial charge on any atom is -0.490 e. The summed E-state index contributed by atoms with van der Waals surface area (Å²) in [4.78, 5) is 24.5. The third-order valence-electron chi connectivity index (χ3n) is 4.99. The third kappa shape index (κ3) is 6.83. The minimum absolute atomic E-state index is 0.169. The van der Waals surface area contributed by atoms with Crippen LogP contribution in [0, 0.1) is 13.8 Å². The van der Waals surface area contributed by atoms with Gasteiger partial charge >= 0.3 is 0 Å². The number of hydrogen-bond acceptors (Lipinski definition) is 5. The van der Waals surface area contributed by atoms with Crippen molar-refractivity contribution in [2.24, 2.45) is 5.10 Å². The van der Waals surface area contributed by atoms with Gasteiger partial charge in [-0.25, -0.2) is 5.43 Å². The lowest BCUT2D eigenvalue weighted by Crippen LogP contribution is -2.21. The average molecular weight is 480 g/mol. The summed E-state index contributed by atoms with van der Waals surface area (Å²) < 4.78 is 11.3. The number of halogens is 1. The van der Waals surface area contributed by atoms with Gasteiger partial charge in [0.05, 0.1) is 12.8 Å². The molecule has 0 radical (unpaired) electrons. The highest BCUT2D eigenvalue weighted by Gasteiger charge is 2.11. The number of carbonyl (C=O) groups excluding carboxylic acids is 2. The largest absolute Gasteiger partial charge is 0.490 e. The topological polar surface area (TPSA) is 89.0 Å². The number of anilines is 1. The maximum Gasteiger partial charge on any atom is 0.271 e. The molecule has 0 aromatic heterocycles. The van der Waals surface area contributed by atoms with Gasteiger partial charge in [0.15, 0.2) is 18.1 Å². The Labute approximate surface area is 203 Å². The Morgan fingerprint density at radius 3 is 2.50 bits per heavy atom. The number of benzene rings is 3. The van der Waals surface area contributed by atoms with E-state index in [1.54, 1.807) is 42.5 Å². The van der Waals surface area contributed by atoms with Crippen molar-refractivity contribution in [3.05, 3.63) is 87.9 Å². The maximum atomic E-state index is 12.4. The summed E-state index contributed by atoms with van der Waals surface area (Å²) in [7, 11) is 0. The molecule has 0 saturated heterocycles. The van der Waals surface area contributed by atoms with Crippen molar-refractivity contribution in [1.29, 1.82) is 0 Å². The number of carbonyl (C=O) groups is 2. The molecular formula is C26H26ClN3O4. The van der Waals surface area contributed by atoms with Crippen LogP contribution in [0.25, 0.3) is 0 Å². The summed E-state index contributed by atoms with van der Waals surface area (Å²) in [6, 6.07) is 17.4. The molecule has 2 amide bonds. The second-order valence-electron chi connectivity index (χ2n) is 7.43. The molecule has 0 saturated carbocycles. The molecule has 8 heteroatoms. The molecule has 0 fully saturated rings. The lowest BCUT2D eigenvalue weighted by atomic mass is 10.1. The summed E-state index contributed by atoms with van der Waals surface area (Å²) in [6.07, 6.45) is 1.49. The Kier molecular flexibility index (Phi) is 8.65. The van der Waals surface area contributed by atoms with E-state index in [9.17, 15) is 9.59 Å². The van der Waals surface area contributed by atoms with E-state index in [-0.39, 0.29) is 18.4 Å². The highest BCUT2D eigenvalue weighted by atomic mass is 35.5. The van der Waals surface area contributed by atoms with Gasteiger partial charge in [-0.3, -0.25) is 9.59 Å². The van der Waals surface area contributed by atoms with Gasteiger partial charge in [0.1, 0.15) is 0 Å². The first-order valence-corrected chi connectivity index (χ1v) is 11.1. The van der Waals surface area contributed by atoms with E-state index in [1.807, 2.05) is 39.0 Å². The van der Waals surface area contributed by atoms with Gasteiger partial charge in [-0.05, 0) is 86.0 Å². The average Bonchev–Trinajstić information content (AvgIpc) is 2.82. The van der Waals surface area contributed by atoms with Crippen LogP contribution in [0.4, 0.5) is 5.69 Å². The van der Waals surface area contributed by atoms with Gasteiger partial charge in [0.25, 0.3) is 11.8 Å². The molecule has 0 heterocycles. The van der Waals surface area contributed by atoms with Crippen molar-refractivity contribution < 1.29 is 19.1 Å². The van der Waals surface area contributed by atoms with Gasteiger partial charge in [-0.2, -0.15) is 5.10 Å². The normalized spacial score (nSPS) is 10.7. The molecule has 176 valence electrons. The Balaban J connectivity index is 1.61. The van der Waals surface area contributed by atoms with Gasteiger partial charge in [0.2, 0.25) is 0 Å². The molecule has 2 N–H and O–H groups in total. The summed E-state index contributed by atoms with van der Waals surface area (Å²) in [5, 5.41) is 7.40. The molecule has 0 atom stereocenters. The predicted octanol–water partition coefficient (Wildman–Crippen LogP) is 5.14. The summed E-state index contributed by atoms with van der Waals surface area (Å²) in [6.45, 7) is 6.04. The number of rotatable bonds is 9. The first kappa shape index (κ1) is 24.8. The lowest BCUT2D eigenvalue weighted by molar-refractivity contribution is -0.118. The van der Waals surface area contributed by atoms with Gasteiger partial charge in [-0.15, -0.1) is 0 Å². The fraction of sp³-hybridized carbons (Fsp3) is 0.192. The number of nitrogens with zero attached hydrogens (tertiary/aromatic N) is 1. The summed E-state index contributed by atoms with van der Waals surface area (Å²) in [5.41, 5.74) is 6.46. The van der Waals surface area contributed by atoms with Crippen molar-refractivity contribution in [3.63, 3.8) is 0 Å². The third-order valence-corrected chi connectivity index (χ3v) is 5.24. The monoisotopic (exact) mass is 479 g/mol. The second-order valence-corrected chi connectivity index (χ2v) is 7.87. The van der Waals surface area contributed by atoms with Crippen LogP contribution in [0.5, 0.6) is 11.5 Å². The number of hydrogen-bond donors (Lipinski definition) is 2. The predicted molar refractivity (Wildman–Crippen MR) is 134 cm³/mol. The van der Waals surface area contributed by atoms with E-state index in [4.69, 9.17) is 21.1 Å². The van der Waals surface area contributed by atoms with Crippen LogP contribution in [-0.2, 0) is 4.79 Å². The van der Waals surface area contributed by atoms with Crippen molar-refractivity contribution >= 4 is 35.3 Å². The van der Waals surface area contributed by atoms with Crippen LogP contribution in [0.3, 0.4) is 0 Å². The highest BCUT2D eigenvalue weighted by molar-refractivity contribution is 6.30. The minimum atomic E-state index is -0.354. The molecule has 3 aromatic carbocycles. The SMILES string of the molecule is CCOc1cc(/C=N/NC(=O)c2ccc(Cl)cc2)ccc1OCC(=O)Nc1cccc(C)c1C. The second kappa shape index (κ2) is 11.9. The Morgan fingerprint density at radius 2 is 1.76 bits per heavy atom. The van der Waals surface area contributed by atoms with Crippen molar-refractivity contribution in [2.45, 2.75) is 20.8 Å². The molecule has 0 aliphatic carbocycles. The summed E-state index contributed by atoms with van der Waals surface area (Å²) >= 11 is 5.84. The Morgan fingerprint density at radius 1 is 1.00 bits per heavy atom. The van der Waals surface area contributed by atoms with Crippen molar-refractivity contribution in [3.8, 4) is 11.5 Å². The smallest absolute Gasteiger partial charge is 0.271 e. The van der Waals surface area contributed by atoms with Crippen molar-refractivity contribution in [1.82, 2.24) is 5.43 Å². The Bertz CT molecular complexity index is 1190. The van der Waals surface area contributed by atoms with E-state index in [1.165, 1.54) is 6.21 Å². The molecular weight excluding hydrogens is 454 g/mol. The zero-order valence-corrected chi connectivity index (χ0v) is 20.0. The summed E-state index contributed by atoms with van der Waals surface area (Å²) in [5.74, 6) is 0.273. The first-order chi connectivity index (χ1) is 16.4. The number of nitrogens with one attached hydrogen (secondary N) is 2. The van der Waals surface area contributed by atoms with Crippen LogP contribution in [0.15, 0.2) is 65.8 Å². The Hall–Kier alpha value is -3.84. The molecule has 7 nitrogen and oxygen atoms in total. The van der Waals surface area contributed by atoms with E-state index >= 15 is 0 Å². The van der Waals surface area contributed by atoms with E-state index in [2.05, 4.69) is 15.8 Å². The zero-order chi connectivity index (χ0) is 24.5. The van der Waals surface area contributed by atoms with Crippen LogP contribution < -0.4 is 20.2 Å². The number of hydrazone groups is 1. The fourth-order valence-electron chi connectivity index (χ4n) is 3.04. The van der Waals surface area contributed by atoms with Crippen LogP contribution in [-0.4, -0.2) is 31.2 Å². The molecule has 0 unspecified atom stereocenters. The van der Waals surface area contributed by atoms with Crippen LogP contribution >= 0.6 is 11.6 Å². The number of amides is 2. The molecule has 0 aliphatic heterocycles.